The van der Waals surface area contributed by atoms with Gasteiger partial charge >= 0.3 is 6.18 Å². The number of rotatable bonds is 1. The first-order valence-electron chi connectivity index (χ1n) is 5.96. The third-order valence-corrected chi connectivity index (χ3v) is 5.10. The van der Waals surface area contributed by atoms with E-state index in [-0.39, 0.29) is 11.8 Å². The standard InChI is InChI=1S/C12H14F4O2/c1-10(18,12(14,15)16)11(13)8-6-3-2-5(4-6)7(8)9(11)17/h2-3,5-9,17-18H,4H2,1H3. The lowest BCUT2D eigenvalue weighted by Crippen LogP contribution is -2.77. The Morgan fingerprint density at radius 1 is 1.22 bits per heavy atom. The Morgan fingerprint density at radius 3 is 2.33 bits per heavy atom. The van der Waals surface area contributed by atoms with Gasteiger partial charge in [-0.05, 0) is 25.2 Å². The number of fused-ring (bicyclic) bond motifs is 5. The molecule has 0 heterocycles. The highest BCUT2D eigenvalue weighted by Crippen LogP contribution is 2.68. The zero-order valence-electron chi connectivity index (χ0n) is 9.65. The predicted octanol–water partition coefficient (Wildman–Crippen LogP) is 1.82. The van der Waals surface area contributed by atoms with Gasteiger partial charge in [-0.1, -0.05) is 12.2 Å². The third kappa shape index (κ3) is 1.08. The van der Waals surface area contributed by atoms with Crippen LogP contribution >= 0.6 is 0 Å². The van der Waals surface area contributed by atoms with E-state index in [9.17, 15) is 27.8 Å². The lowest BCUT2D eigenvalue weighted by Gasteiger charge is -2.60. The van der Waals surface area contributed by atoms with Gasteiger partial charge in [-0.2, -0.15) is 13.2 Å². The molecule has 0 radical (unpaired) electrons. The molecule has 0 saturated heterocycles. The second kappa shape index (κ2) is 3.10. The van der Waals surface area contributed by atoms with Crippen LogP contribution in [0.2, 0.25) is 0 Å². The molecule has 2 nitrogen and oxygen atoms in total. The van der Waals surface area contributed by atoms with Gasteiger partial charge in [-0.15, -0.1) is 0 Å². The van der Waals surface area contributed by atoms with Crippen LogP contribution in [0.15, 0.2) is 12.2 Å². The Hall–Kier alpha value is -0.620. The molecule has 7 atom stereocenters. The number of hydrogen-bond acceptors (Lipinski definition) is 2. The maximum atomic E-state index is 14.7. The minimum Gasteiger partial charge on any atom is -0.389 e. The molecule has 6 heteroatoms. The summed E-state index contributed by atoms with van der Waals surface area (Å²) in [6.07, 6.45) is -2.74. The van der Waals surface area contributed by atoms with E-state index < -0.39 is 35.4 Å². The first kappa shape index (κ1) is 12.4. The minimum absolute atomic E-state index is 0.0529. The zero-order chi connectivity index (χ0) is 13.5. The van der Waals surface area contributed by atoms with Crippen LogP contribution in [0, 0.1) is 23.7 Å². The van der Waals surface area contributed by atoms with Crippen LogP contribution in [-0.4, -0.2) is 33.8 Å². The number of hydrogen-bond donors (Lipinski definition) is 2. The average molecular weight is 266 g/mol. The van der Waals surface area contributed by atoms with E-state index in [1.165, 1.54) is 0 Å². The van der Waals surface area contributed by atoms with Crippen LogP contribution in [0.5, 0.6) is 0 Å². The second-order valence-electron chi connectivity index (χ2n) is 5.83. The average Bonchev–Trinajstić information content (AvgIpc) is 2.83. The highest BCUT2D eigenvalue weighted by molar-refractivity contribution is 5.31. The van der Waals surface area contributed by atoms with E-state index in [2.05, 4.69) is 0 Å². The van der Waals surface area contributed by atoms with Crippen LogP contribution < -0.4 is 0 Å². The molecule has 0 aliphatic heterocycles. The second-order valence-corrected chi connectivity index (χ2v) is 5.83. The Labute approximate surface area is 101 Å². The van der Waals surface area contributed by atoms with Crippen molar-refractivity contribution in [1.29, 1.82) is 0 Å². The lowest BCUT2D eigenvalue weighted by atomic mass is 9.51. The maximum Gasteiger partial charge on any atom is 0.420 e. The molecule has 0 aromatic carbocycles. The van der Waals surface area contributed by atoms with Gasteiger partial charge in [0.15, 0.2) is 11.3 Å². The molecule has 2 fully saturated rings. The largest absolute Gasteiger partial charge is 0.420 e. The summed E-state index contributed by atoms with van der Waals surface area (Å²) < 4.78 is 53.1. The number of alkyl halides is 4. The molecule has 0 spiro atoms. The summed E-state index contributed by atoms with van der Waals surface area (Å²) in [6.45, 7) is 0.419. The van der Waals surface area contributed by atoms with Crippen LogP contribution in [0.4, 0.5) is 17.6 Å². The summed E-state index contributed by atoms with van der Waals surface area (Å²) in [5.74, 6) is -1.77. The van der Waals surface area contributed by atoms with Gasteiger partial charge in [0.1, 0.15) is 0 Å². The molecule has 3 rings (SSSR count). The molecule has 7 unspecified atom stereocenters. The van der Waals surface area contributed by atoms with Crippen molar-refractivity contribution >= 4 is 0 Å². The highest BCUT2D eigenvalue weighted by Gasteiger charge is 2.81. The van der Waals surface area contributed by atoms with Gasteiger partial charge in [0, 0.05) is 11.8 Å². The van der Waals surface area contributed by atoms with Gasteiger partial charge in [-0.25, -0.2) is 4.39 Å². The Morgan fingerprint density at radius 2 is 1.78 bits per heavy atom. The molecule has 0 aromatic rings. The summed E-state index contributed by atoms with van der Waals surface area (Å²) in [7, 11) is 0. The molecule has 3 aliphatic carbocycles. The summed E-state index contributed by atoms with van der Waals surface area (Å²) >= 11 is 0. The van der Waals surface area contributed by atoms with Crippen molar-refractivity contribution in [1.82, 2.24) is 0 Å². The topological polar surface area (TPSA) is 40.5 Å². The smallest absolute Gasteiger partial charge is 0.389 e. The quantitative estimate of drug-likeness (QED) is 0.561. The molecule has 0 aromatic heterocycles. The van der Waals surface area contributed by atoms with E-state index in [1.54, 1.807) is 6.08 Å². The molecular formula is C12H14F4O2. The van der Waals surface area contributed by atoms with E-state index >= 15 is 0 Å². The molecule has 18 heavy (non-hydrogen) atoms. The predicted molar refractivity (Wildman–Crippen MR) is 54.2 cm³/mol. The zero-order valence-corrected chi connectivity index (χ0v) is 9.65. The van der Waals surface area contributed by atoms with Crippen molar-refractivity contribution in [2.24, 2.45) is 23.7 Å². The SMILES string of the molecule is CC(O)(C(F)(F)F)C1(F)C(O)C2C3C=CC(C3)C21. The normalized spacial score (nSPS) is 52.9. The van der Waals surface area contributed by atoms with Crippen molar-refractivity contribution in [3.05, 3.63) is 12.2 Å². The maximum absolute atomic E-state index is 14.7. The lowest BCUT2D eigenvalue weighted by molar-refractivity contribution is -0.359. The highest BCUT2D eigenvalue weighted by atomic mass is 19.4. The molecule has 3 aliphatic rings. The molecule has 2 saturated carbocycles. The van der Waals surface area contributed by atoms with E-state index in [0.717, 1.165) is 0 Å². The van der Waals surface area contributed by atoms with Crippen molar-refractivity contribution < 1.29 is 27.8 Å². The summed E-state index contributed by atoms with van der Waals surface area (Å²) in [4.78, 5) is 0. The fraction of sp³-hybridized carbons (Fsp3) is 0.833. The van der Waals surface area contributed by atoms with Gasteiger partial charge in [0.05, 0.1) is 6.10 Å². The van der Waals surface area contributed by atoms with Gasteiger partial charge in [0.2, 0.25) is 0 Å². The van der Waals surface area contributed by atoms with Crippen LogP contribution in [0.25, 0.3) is 0 Å². The monoisotopic (exact) mass is 266 g/mol. The summed E-state index contributed by atoms with van der Waals surface area (Å²) in [6, 6.07) is 0. The summed E-state index contributed by atoms with van der Waals surface area (Å²) in [5.41, 5.74) is -6.51. The molecular weight excluding hydrogens is 252 g/mol. The van der Waals surface area contributed by atoms with E-state index in [0.29, 0.717) is 13.3 Å². The van der Waals surface area contributed by atoms with Crippen molar-refractivity contribution in [3.8, 4) is 0 Å². The van der Waals surface area contributed by atoms with Crippen molar-refractivity contribution in [2.45, 2.75) is 36.9 Å². The Balaban J connectivity index is 2.00. The number of aliphatic hydroxyl groups excluding tert-OH is 1. The number of allylic oxidation sites excluding steroid dienone is 2. The van der Waals surface area contributed by atoms with E-state index in [4.69, 9.17) is 0 Å². The van der Waals surface area contributed by atoms with Gasteiger partial charge < -0.3 is 10.2 Å². The fourth-order valence-corrected chi connectivity index (χ4v) is 4.07. The Bertz CT molecular complexity index is 417. The first-order chi connectivity index (χ1) is 8.12. The van der Waals surface area contributed by atoms with Crippen LogP contribution in [-0.2, 0) is 0 Å². The minimum atomic E-state index is -5.10. The Kier molecular flexibility index (Phi) is 2.14. The van der Waals surface area contributed by atoms with Crippen LogP contribution in [0.3, 0.4) is 0 Å². The van der Waals surface area contributed by atoms with Gasteiger partial charge in [0.25, 0.3) is 0 Å². The molecule has 2 N–H and O–H groups in total. The summed E-state index contributed by atoms with van der Waals surface area (Å²) in [5, 5.41) is 19.4. The number of halogens is 4. The third-order valence-electron chi connectivity index (χ3n) is 5.10. The fourth-order valence-electron chi connectivity index (χ4n) is 4.07. The first-order valence-corrected chi connectivity index (χ1v) is 5.96. The molecule has 102 valence electrons. The molecule has 2 bridgehead atoms. The van der Waals surface area contributed by atoms with Crippen LogP contribution in [0.1, 0.15) is 13.3 Å². The molecule has 0 amide bonds. The van der Waals surface area contributed by atoms with E-state index in [1.807, 2.05) is 6.08 Å². The van der Waals surface area contributed by atoms with Crippen molar-refractivity contribution in [2.75, 3.05) is 0 Å². The number of aliphatic hydroxyl groups is 2. The van der Waals surface area contributed by atoms with Gasteiger partial charge in [-0.3, -0.25) is 0 Å². The van der Waals surface area contributed by atoms with Crippen molar-refractivity contribution in [3.63, 3.8) is 0 Å².